The molecule has 2 saturated heterocycles. The molecule has 202 valence electrons. The standard InChI is InChI=1S/C28H33N3O7/c32-22-7-6-19-9-10-35-23-4-2-1-3-20(23)27(33)30-18-12-21(28(34)29-13-26(22)38-19)31(15-18)14-17-5-8-24-25(11-17)37-16-36-24/h1-5,8,11,18-19,21-22,26,32H,6-7,9-10,12-16H2,(H,29,34)(H,30,33)/t18-,19-,21-,22-,26+/m0/s1. The van der Waals surface area contributed by atoms with E-state index in [1.54, 1.807) is 12.1 Å². The van der Waals surface area contributed by atoms with E-state index >= 15 is 0 Å². The number of benzene rings is 2. The molecule has 4 bridgehead atoms. The van der Waals surface area contributed by atoms with Gasteiger partial charge in [0, 0.05) is 32.1 Å². The average molecular weight is 524 g/mol. The lowest BCUT2D eigenvalue weighted by atomic mass is 9.99. The van der Waals surface area contributed by atoms with Crippen LogP contribution in [-0.2, 0) is 16.1 Å². The molecule has 2 amide bonds. The number of carbonyl (C=O) groups excluding carboxylic acids is 2. The number of carbonyl (C=O) groups is 2. The molecule has 0 saturated carbocycles. The van der Waals surface area contributed by atoms with E-state index in [9.17, 15) is 14.7 Å². The molecule has 0 unspecified atom stereocenters. The zero-order chi connectivity index (χ0) is 26.1. The van der Waals surface area contributed by atoms with Gasteiger partial charge in [0.1, 0.15) is 11.9 Å². The number of nitrogens with one attached hydrogen (secondary N) is 2. The number of ether oxygens (including phenoxy) is 4. The first-order valence-electron chi connectivity index (χ1n) is 13.3. The lowest BCUT2D eigenvalue weighted by Gasteiger charge is -2.34. The minimum atomic E-state index is -0.632. The molecular formula is C28H33N3O7. The quantitative estimate of drug-likeness (QED) is 0.543. The summed E-state index contributed by atoms with van der Waals surface area (Å²) in [6, 6.07) is 12.3. The third kappa shape index (κ3) is 5.29. The van der Waals surface area contributed by atoms with Crippen LogP contribution in [0.3, 0.4) is 0 Å². The number of fused-ring (bicyclic) bond motifs is 6. The van der Waals surface area contributed by atoms with E-state index in [1.165, 1.54) is 0 Å². The Bertz CT molecular complexity index is 1190. The third-order valence-electron chi connectivity index (χ3n) is 7.75. The summed E-state index contributed by atoms with van der Waals surface area (Å²) in [5.74, 6) is 1.55. The highest BCUT2D eigenvalue weighted by molar-refractivity contribution is 5.97. The van der Waals surface area contributed by atoms with Crippen LogP contribution in [0.1, 0.15) is 41.6 Å². The van der Waals surface area contributed by atoms with Crippen LogP contribution in [0.2, 0.25) is 0 Å². The first kappa shape index (κ1) is 25.0. The van der Waals surface area contributed by atoms with E-state index in [-0.39, 0.29) is 37.3 Å². The van der Waals surface area contributed by atoms with E-state index in [0.717, 1.165) is 5.56 Å². The Morgan fingerprint density at radius 1 is 0.974 bits per heavy atom. The Morgan fingerprint density at radius 3 is 2.76 bits per heavy atom. The third-order valence-corrected chi connectivity index (χ3v) is 7.75. The summed E-state index contributed by atoms with van der Waals surface area (Å²) >= 11 is 0. The minimum absolute atomic E-state index is 0.0902. The van der Waals surface area contributed by atoms with Crippen LogP contribution in [0, 0.1) is 0 Å². The highest BCUT2D eigenvalue weighted by atomic mass is 16.7. The molecule has 10 heteroatoms. The van der Waals surface area contributed by atoms with Gasteiger partial charge in [-0.3, -0.25) is 14.5 Å². The number of nitrogens with zero attached hydrogens (tertiary/aromatic N) is 1. The number of likely N-dealkylation sites (tertiary alicyclic amines) is 1. The smallest absolute Gasteiger partial charge is 0.255 e. The van der Waals surface area contributed by atoms with Crippen LogP contribution < -0.4 is 24.8 Å². The average Bonchev–Trinajstić information content (AvgIpc) is 3.55. The lowest BCUT2D eigenvalue weighted by Crippen LogP contribution is -2.50. The van der Waals surface area contributed by atoms with Gasteiger partial charge < -0.3 is 34.7 Å². The number of aliphatic hydroxyl groups is 1. The van der Waals surface area contributed by atoms with Crippen LogP contribution in [0.4, 0.5) is 0 Å². The Labute approximate surface area is 221 Å². The highest BCUT2D eigenvalue weighted by Crippen LogP contribution is 2.34. The second kappa shape index (κ2) is 10.8. The van der Waals surface area contributed by atoms with Crippen molar-refractivity contribution in [2.75, 3.05) is 26.5 Å². The van der Waals surface area contributed by atoms with Crippen molar-refractivity contribution in [3.8, 4) is 17.2 Å². The van der Waals surface area contributed by atoms with Crippen molar-refractivity contribution in [2.24, 2.45) is 0 Å². The van der Waals surface area contributed by atoms with Crippen LogP contribution >= 0.6 is 0 Å². The van der Waals surface area contributed by atoms with Crippen molar-refractivity contribution in [2.45, 2.75) is 62.6 Å². The molecule has 0 aromatic heterocycles. The number of hydrogen-bond donors (Lipinski definition) is 3. The SMILES string of the molecule is O=C1N[C@H]2C[C@@H](C(=O)NC[C@H]3O[C@H](CCOc4ccccc41)CC[C@@H]3O)N(Cc1ccc3c(c1)OCO3)C2. The predicted molar refractivity (Wildman–Crippen MR) is 136 cm³/mol. The van der Waals surface area contributed by atoms with Crippen LogP contribution in [0.15, 0.2) is 42.5 Å². The molecule has 0 radical (unpaired) electrons. The van der Waals surface area contributed by atoms with Gasteiger partial charge >= 0.3 is 0 Å². The molecule has 4 heterocycles. The molecule has 5 atom stereocenters. The Hall–Kier alpha value is -3.34. The second-order valence-electron chi connectivity index (χ2n) is 10.4. The molecule has 0 spiro atoms. The number of rotatable bonds is 2. The molecule has 2 aromatic rings. The molecule has 10 nitrogen and oxygen atoms in total. The maximum atomic E-state index is 13.4. The van der Waals surface area contributed by atoms with Gasteiger partial charge in [0.15, 0.2) is 11.5 Å². The van der Waals surface area contributed by atoms with Crippen molar-refractivity contribution in [3.05, 3.63) is 53.6 Å². The van der Waals surface area contributed by atoms with Gasteiger partial charge in [-0.25, -0.2) is 0 Å². The molecule has 0 aliphatic carbocycles. The lowest BCUT2D eigenvalue weighted by molar-refractivity contribution is -0.133. The number of amides is 2. The predicted octanol–water partition coefficient (Wildman–Crippen LogP) is 1.60. The summed E-state index contributed by atoms with van der Waals surface area (Å²) in [7, 11) is 0. The topological polar surface area (TPSA) is 119 Å². The molecule has 3 N–H and O–H groups in total. The zero-order valence-electron chi connectivity index (χ0n) is 21.1. The molecule has 4 aliphatic heterocycles. The van der Waals surface area contributed by atoms with Gasteiger partial charge in [-0.2, -0.15) is 0 Å². The van der Waals surface area contributed by atoms with E-state index in [4.69, 9.17) is 18.9 Å². The summed E-state index contributed by atoms with van der Waals surface area (Å²) < 4.78 is 23.1. The summed E-state index contributed by atoms with van der Waals surface area (Å²) in [5, 5.41) is 16.7. The first-order chi connectivity index (χ1) is 18.5. The van der Waals surface area contributed by atoms with Crippen LogP contribution in [0.5, 0.6) is 17.2 Å². The number of hydrogen-bond acceptors (Lipinski definition) is 8. The van der Waals surface area contributed by atoms with Gasteiger partial charge in [0.2, 0.25) is 12.7 Å². The van der Waals surface area contributed by atoms with E-state index in [1.807, 2.05) is 30.3 Å². The fourth-order valence-electron chi connectivity index (χ4n) is 5.74. The Balaban J connectivity index is 1.25. The molecule has 2 fully saturated rings. The number of aliphatic hydroxyl groups excluding tert-OH is 1. The summed E-state index contributed by atoms with van der Waals surface area (Å²) in [6.07, 6.45) is 1.21. The zero-order valence-corrected chi connectivity index (χ0v) is 21.1. The monoisotopic (exact) mass is 523 g/mol. The molecule has 2 aromatic carbocycles. The Morgan fingerprint density at radius 2 is 1.84 bits per heavy atom. The molecular weight excluding hydrogens is 490 g/mol. The second-order valence-corrected chi connectivity index (χ2v) is 10.4. The van der Waals surface area contributed by atoms with Crippen molar-refractivity contribution < 1.29 is 33.6 Å². The maximum Gasteiger partial charge on any atom is 0.255 e. The van der Waals surface area contributed by atoms with Crippen molar-refractivity contribution in [3.63, 3.8) is 0 Å². The van der Waals surface area contributed by atoms with Gasteiger partial charge in [0.25, 0.3) is 5.91 Å². The van der Waals surface area contributed by atoms with E-state index < -0.39 is 18.2 Å². The Kier molecular flexibility index (Phi) is 7.10. The fraction of sp³-hybridized carbons (Fsp3) is 0.500. The summed E-state index contributed by atoms with van der Waals surface area (Å²) in [6.45, 7) is 1.82. The van der Waals surface area contributed by atoms with Gasteiger partial charge in [-0.05, 0) is 49.1 Å². The van der Waals surface area contributed by atoms with Gasteiger partial charge in [-0.15, -0.1) is 0 Å². The summed E-state index contributed by atoms with van der Waals surface area (Å²) in [5.41, 5.74) is 1.45. The minimum Gasteiger partial charge on any atom is -0.493 e. The van der Waals surface area contributed by atoms with Crippen molar-refractivity contribution in [1.82, 2.24) is 15.5 Å². The molecule has 4 aliphatic rings. The normalized spacial score (nSPS) is 29.7. The van der Waals surface area contributed by atoms with E-state index in [2.05, 4.69) is 15.5 Å². The first-order valence-corrected chi connectivity index (χ1v) is 13.3. The van der Waals surface area contributed by atoms with Crippen LogP contribution in [0.25, 0.3) is 0 Å². The highest BCUT2D eigenvalue weighted by Gasteiger charge is 2.39. The molecule has 38 heavy (non-hydrogen) atoms. The van der Waals surface area contributed by atoms with Crippen molar-refractivity contribution >= 4 is 11.8 Å². The maximum absolute atomic E-state index is 13.4. The number of para-hydroxylation sites is 1. The largest absolute Gasteiger partial charge is 0.493 e. The summed E-state index contributed by atoms with van der Waals surface area (Å²) in [4.78, 5) is 28.8. The van der Waals surface area contributed by atoms with Gasteiger partial charge in [0.05, 0.1) is 30.4 Å². The van der Waals surface area contributed by atoms with Gasteiger partial charge in [-0.1, -0.05) is 18.2 Å². The van der Waals surface area contributed by atoms with Crippen LogP contribution in [-0.4, -0.2) is 78.7 Å². The van der Waals surface area contributed by atoms with E-state index in [0.29, 0.717) is 68.2 Å². The van der Waals surface area contributed by atoms with Crippen molar-refractivity contribution in [1.29, 1.82) is 0 Å². The fourth-order valence-corrected chi connectivity index (χ4v) is 5.74. The molecule has 6 rings (SSSR count).